The normalized spacial score (nSPS) is 10.7. The van der Waals surface area contributed by atoms with Gasteiger partial charge >= 0.3 is 5.97 Å². The maximum Gasteiger partial charge on any atom is 0.324 e. The molecule has 0 saturated carbocycles. The van der Waals surface area contributed by atoms with Crippen LogP contribution in [-0.2, 0) is 4.79 Å². The van der Waals surface area contributed by atoms with E-state index in [2.05, 4.69) is 10.3 Å². The minimum absolute atomic E-state index is 0.191. The van der Waals surface area contributed by atoms with E-state index in [1.54, 1.807) is 12.1 Å². The second kappa shape index (κ2) is 5.46. The van der Waals surface area contributed by atoms with Crippen molar-refractivity contribution in [1.82, 2.24) is 5.01 Å². The van der Waals surface area contributed by atoms with Gasteiger partial charge in [-0.15, -0.1) is 5.11 Å². The molecule has 0 aliphatic heterocycles. The fraction of sp³-hybridized carbons (Fsp3) is 0.300. The summed E-state index contributed by atoms with van der Waals surface area (Å²) in [5.41, 5.74) is 1.56. The number of halogens is 1. The standard InChI is InChI=1S/C10H12ClN3O2/c1-7-3-4-8(11)5-9(7)12-13-14(2)6-10(15)16/h3-5H,6H2,1-2H3,(H,15,16). The van der Waals surface area contributed by atoms with Crippen molar-refractivity contribution in [2.24, 2.45) is 10.3 Å². The number of aryl methyl sites for hydroxylation is 1. The SMILES string of the molecule is Cc1ccc(Cl)cc1N=NN(C)CC(=O)O. The molecule has 86 valence electrons. The summed E-state index contributed by atoms with van der Waals surface area (Å²) < 4.78 is 0. The number of carboxylic acids is 1. The highest BCUT2D eigenvalue weighted by molar-refractivity contribution is 6.30. The van der Waals surface area contributed by atoms with Crippen molar-refractivity contribution in [3.63, 3.8) is 0 Å². The van der Waals surface area contributed by atoms with Crippen molar-refractivity contribution in [3.05, 3.63) is 28.8 Å². The Kier molecular flexibility index (Phi) is 4.25. The van der Waals surface area contributed by atoms with Crippen LogP contribution < -0.4 is 0 Å². The van der Waals surface area contributed by atoms with E-state index in [1.165, 1.54) is 12.1 Å². The maximum atomic E-state index is 10.4. The molecule has 1 aromatic carbocycles. The first-order valence-electron chi connectivity index (χ1n) is 4.60. The van der Waals surface area contributed by atoms with Crippen LogP contribution in [0.3, 0.4) is 0 Å². The van der Waals surface area contributed by atoms with Gasteiger partial charge in [0.05, 0.1) is 5.69 Å². The van der Waals surface area contributed by atoms with Crippen LogP contribution in [0.1, 0.15) is 5.56 Å². The van der Waals surface area contributed by atoms with E-state index >= 15 is 0 Å². The highest BCUT2D eigenvalue weighted by Gasteiger charge is 2.02. The number of rotatable bonds is 4. The Bertz CT molecular complexity index is 421. The zero-order chi connectivity index (χ0) is 12.1. The summed E-state index contributed by atoms with van der Waals surface area (Å²) in [7, 11) is 1.54. The summed E-state index contributed by atoms with van der Waals surface area (Å²) in [6, 6.07) is 5.26. The van der Waals surface area contributed by atoms with Gasteiger partial charge in [0.25, 0.3) is 0 Å². The second-order valence-electron chi connectivity index (χ2n) is 3.33. The Hall–Kier alpha value is -1.62. The molecular weight excluding hydrogens is 230 g/mol. The van der Waals surface area contributed by atoms with Crippen LogP contribution in [0.4, 0.5) is 5.69 Å². The van der Waals surface area contributed by atoms with Gasteiger partial charge in [0.15, 0.2) is 0 Å². The van der Waals surface area contributed by atoms with E-state index < -0.39 is 5.97 Å². The van der Waals surface area contributed by atoms with Crippen molar-refractivity contribution < 1.29 is 9.90 Å². The van der Waals surface area contributed by atoms with E-state index in [0.717, 1.165) is 5.56 Å². The van der Waals surface area contributed by atoms with E-state index in [-0.39, 0.29) is 6.54 Å². The first-order chi connectivity index (χ1) is 7.49. The van der Waals surface area contributed by atoms with E-state index in [4.69, 9.17) is 16.7 Å². The van der Waals surface area contributed by atoms with Gasteiger partial charge in [-0.05, 0) is 24.6 Å². The predicted octanol–water partition coefficient (Wildman–Crippen LogP) is 2.66. The third-order valence-corrected chi connectivity index (χ3v) is 2.08. The molecule has 5 nitrogen and oxygen atoms in total. The lowest BCUT2D eigenvalue weighted by molar-refractivity contribution is -0.138. The summed E-state index contributed by atoms with van der Waals surface area (Å²) in [4.78, 5) is 10.4. The van der Waals surface area contributed by atoms with Gasteiger partial charge in [-0.2, -0.15) is 0 Å². The number of carboxylic acid groups (broad SMARTS) is 1. The molecule has 0 atom stereocenters. The largest absolute Gasteiger partial charge is 0.480 e. The summed E-state index contributed by atoms with van der Waals surface area (Å²) in [6.07, 6.45) is 0. The van der Waals surface area contributed by atoms with E-state index in [0.29, 0.717) is 10.7 Å². The van der Waals surface area contributed by atoms with Gasteiger partial charge in [-0.1, -0.05) is 22.9 Å². The summed E-state index contributed by atoms with van der Waals surface area (Å²) in [5, 5.41) is 18.0. The fourth-order valence-corrected chi connectivity index (χ4v) is 1.21. The highest BCUT2D eigenvalue weighted by Crippen LogP contribution is 2.23. The monoisotopic (exact) mass is 241 g/mol. The molecule has 0 unspecified atom stereocenters. The minimum Gasteiger partial charge on any atom is -0.480 e. The molecule has 0 bridgehead atoms. The fourth-order valence-electron chi connectivity index (χ4n) is 1.04. The first kappa shape index (κ1) is 12.4. The average molecular weight is 242 g/mol. The molecule has 0 fully saturated rings. The molecule has 1 rings (SSSR count). The van der Waals surface area contributed by atoms with Gasteiger partial charge < -0.3 is 5.11 Å². The Morgan fingerprint density at radius 1 is 1.56 bits per heavy atom. The summed E-state index contributed by atoms with van der Waals surface area (Å²) in [5.74, 6) is -0.954. The second-order valence-corrected chi connectivity index (χ2v) is 3.77. The van der Waals surface area contributed by atoms with Crippen molar-refractivity contribution in [2.45, 2.75) is 6.92 Å². The summed E-state index contributed by atoms with van der Waals surface area (Å²) >= 11 is 5.81. The minimum atomic E-state index is -0.954. The van der Waals surface area contributed by atoms with Crippen molar-refractivity contribution in [1.29, 1.82) is 0 Å². The number of aliphatic carboxylic acids is 1. The Morgan fingerprint density at radius 3 is 2.88 bits per heavy atom. The molecular formula is C10H12ClN3O2. The third kappa shape index (κ3) is 3.86. The van der Waals surface area contributed by atoms with Crippen LogP contribution in [0.2, 0.25) is 5.02 Å². The van der Waals surface area contributed by atoms with Crippen LogP contribution in [0, 0.1) is 6.92 Å². The van der Waals surface area contributed by atoms with Crippen LogP contribution in [0.25, 0.3) is 0 Å². The lowest BCUT2D eigenvalue weighted by atomic mass is 10.2. The van der Waals surface area contributed by atoms with Gasteiger partial charge in [0.1, 0.15) is 6.54 Å². The van der Waals surface area contributed by atoms with Gasteiger partial charge in [-0.3, -0.25) is 9.80 Å². The number of benzene rings is 1. The zero-order valence-corrected chi connectivity index (χ0v) is 9.77. The molecule has 16 heavy (non-hydrogen) atoms. The number of nitrogens with zero attached hydrogens (tertiary/aromatic N) is 3. The summed E-state index contributed by atoms with van der Waals surface area (Å²) in [6.45, 7) is 1.69. The molecule has 0 amide bonds. The van der Waals surface area contributed by atoms with Gasteiger partial charge in [0.2, 0.25) is 0 Å². The quantitative estimate of drug-likeness (QED) is 0.651. The maximum absolute atomic E-state index is 10.4. The van der Waals surface area contributed by atoms with Crippen molar-refractivity contribution >= 4 is 23.3 Å². The Labute approximate surface area is 98.3 Å². The van der Waals surface area contributed by atoms with Crippen LogP contribution in [0.5, 0.6) is 0 Å². The highest BCUT2D eigenvalue weighted by atomic mass is 35.5. The molecule has 6 heteroatoms. The van der Waals surface area contributed by atoms with E-state index in [9.17, 15) is 4.79 Å². The number of hydrogen-bond donors (Lipinski definition) is 1. The molecule has 0 spiro atoms. The molecule has 0 heterocycles. The molecule has 0 saturated heterocycles. The van der Waals surface area contributed by atoms with Gasteiger partial charge in [0, 0.05) is 12.1 Å². The Morgan fingerprint density at radius 2 is 2.25 bits per heavy atom. The molecule has 0 radical (unpaired) electrons. The van der Waals surface area contributed by atoms with Gasteiger partial charge in [-0.25, -0.2) is 0 Å². The topological polar surface area (TPSA) is 65.3 Å². The number of hydrogen-bond acceptors (Lipinski definition) is 3. The van der Waals surface area contributed by atoms with Crippen molar-refractivity contribution in [2.75, 3.05) is 13.6 Å². The van der Waals surface area contributed by atoms with Crippen LogP contribution in [-0.4, -0.2) is 29.7 Å². The molecule has 0 aliphatic carbocycles. The zero-order valence-electron chi connectivity index (χ0n) is 9.01. The van der Waals surface area contributed by atoms with Crippen LogP contribution >= 0.6 is 11.6 Å². The lowest BCUT2D eigenvalue weighted by Gasteiger charge is -2.07. The van der Waals surface area contributed by atoms with Crippen LogP contribution in [0.15, 0.2) is 28.5 Å². The number of likely N-dealkylation sites (N-methyl/N-ethyl adjacent to an activating group) is 1. The molecule has 0 aromatic heterocycles. The number of carbonyl (C=O) groups is 1. The molecule has 1 N–H and O–H groups in total. The van der Waals surface area contributed by atoms with Crippen molar-refractivity contribution in [3.8, 4) is 0 Å². The molecule has 0 aliphatic rings. The molecule has 1 aromatic rings. The third-order valence-electron chi connectivity index (χ3n) is 1.84. The van der Waals surface area contributed by atoms with E-state index in [1.807, 2.05) is 13.0 Å². The average Bonchev–Trinajstić information content (AvgIpc) is 2.18. The lowest BCUT2D eigenvalue weighted by Crippen LogP contribution is -2.19. The smallest absolute Gasteiger partial charge is 0.324 e. The first-order valence-corrected chi connectivity index (χ1v) is 4.97. The predicted molar refractivity (Wildman–Crippen MR) is 61.0 cm³/mol. The Balaban J connectivity index is 2.75.